The van der Waals surface area contributed by atoms with Crippen LogP contribution in [0.3, 0.4) is 0 Å². The van der Waals surface area contributed by atoms with Gasteiger partial charge in [-0.25, -0.2) is 0 Å². The van der Waals surface area contributed by atoms with E-state index in [1.165, 1.54) is 0 Å². The van der Waals surface area contributed by atoms with Crippen LogP contribution in [0.4, 0.5) is 11.6 Å². The number of aromatic nitrogens is 3. The van der Waals surface area contributed by atoms with Crippen molar-refractivity contribution < 1.29 is 0 Å². The molecule has 0 saturated heterocycles. The number of nitrogens with zero attached hydrogens (tertiary/aromatic N) is 3. The first kappa shape index (κ1) is 12.8. The van der Waals surface area contributed by atoms with Crippen LogP contribution in [-0.2, 0) is 0 Å². The molecule has 1 heterocycles. The molecule has 17 heavy (non-hydrogen) atoms. The fourth-order valence-corrected chi connectivity index (χ4v) is 2.15. The first-order valence-electron chi connectivity index (χ1n) is 4.40. The third-order valence-electron chi connectivity index (χ3n) is 1.73. The number of hydrogen-bond acceptors (Lipinski definition) is 6. The maximum absolute atomic E-state index is 5.87. The van der Waals surface area contributed by atoms with Crippen LogP contribution in [0.5, 0.6) is 0 Å². The third-order valence-corrected chi connectivity index (χ3v) is 2.57. The fraction of sp³-hybridized carbons (Fsp3) is 0. The van der Waals surface area contributed by atoms with E-state index in [-0.39, 0.29) is 10.3 Å². The molecule has 0 spiro atoms. The minimum atomic E-state index is 0.278. The van der Waals surface area contributed by atoms with Crippen LogP contribution in [0.25, 0.3) is 0 Å². The Hall–Kier alpha value is -0.690. The molecular formula is C9H6Cl2N4S2. The van der Waals surface area contributed by atoms with E-state index in [9.17, 15) is 0 Å². The van der Waals surface area contributed by atoms with Crippen molar-refractivity contribution in [3.05, 3.63) is 28.2 Å². The minimum absolute atomic E-state index is 0.278. The molecule has 0 radical (unpaired) electrons. The van der Waals surface area contributed by atoms with Gasteiger partial charge < -0.3 is 5.32 Å². The monoisotopic (exact) mass is 304 g/mol. The molecule has 1 aromatic carbocycles. The van der Waals surface area contributed by atoms with Crippen molar-refractivity contribution in [2.45, 2.75) is 10.3 Å². The normalized spacial score (nSPS) is 10.4. The molecule has 0 aliphatic rings. The molecule has 0 bridgehead atoms. The predicted octanol–water partition coefficient (Wildman–Crippen LogP) is 3.50. The lowest BCUT2D eigenvalue weighted by Crippen LogP contribution is -2.00. The van der Waals surface area contributed by atoms with Crippen LogP contribution in [0.2, 0.25) is 10.0 Å². The summed E-state index contributed by atoms with van der Waals surface area (Å²) >= 11 is 19.8. The second kappa shape index (κ2) is 5.30. The van der Waals surface area contributed by atoms with Gasteiger partial charge in [-0.05, 0) is 18.2 Å². The summed E-state index contributed by atoms with van der Waals surface area (Å²) in [6.07, 6.45) is 0. The van der Waals surface area contributed by atoms with Crippen molar-refractivity contribution >= 4 is 60.1 Å². The number of nitrogens with one attached hydrogen (secondary N) is 1. The molecule has 88 valence electrons. The van der Waals surface area contributed by atoms with Gasteiger partial charge in [-0.15, -0.1) is 25.3 Å². The van der Waals surface area contributed by atoms with Crippen molar-refractivity contribution in [2.75, 3.05) is 5.32 Å². The van der Waals surface area contributed by atoms with Crippen molar-refractivity contribution in [1.29, 1.82) is 0 Å². The van der Waals surface area contributed by atoms with E-state index < -0.39 is 0 Å². The lowest BCUT2D eigenvalue weighted by atomic mass is 10.3. The lowest BCUT2D eigenvalue weighted by molar-refractivity contribution is 0.817. The van der Waals surface area contributed by atoms with Gasteiger partial charge in [0, 0.05) is 15.7 Å². The van der Waals surface area contributed by atoms with Gasteiger partial charge in [0.05, 0.1) is 0 Å². The van der Waals surface area contributed by atoms with E-state index in [0.29, 0.717) is 21.7 Å². The van der Waals surface area contributed by atoms with E-state index in [1.807, 2.05) is 0 Å². The molecule has 8 heteroatoms. The maximum Gasteiger partial charge on any atom is 0.232 e. The van der Waals surface area contributed by atoms with Gasteiger partial charge in [-0.2, -0.15) is 15.0 Å². The Bertz CT molecular complexity index is 475. The lowest BCUT2D eigenvalue weighted by Gasteiger charge is -2.06. The molecular weight excluding hydrogens is 299 g/mol. The summed E-state index contributed by atoms with van der Waals surface area (Å²) in [7, 11) is 0. The Morgan fingerprint density at radius 1 is 0.882 bits per heavy atom. The molecule has 0 aliphatic carbocycles. The van der Waals surface area contributed by atoms with Crippen molar-refractivity contribution in [3.63, 3.8) is 0 Å². The maximum atomic E-state index is 5.87. The van der Waals surface area contributed by atoms with E-state index in [4.69, 9.17) is 23.2 Å². The Balaban J connectivity index is 2.31. The van der Waals surface area contributed by atoms with E-state index in [1.54, 1.807) is 18.2 Å². The molecule has 0 unspecified atom stereocenters. The SMILES string of the molecule is Sc1nc(S)nc(Nc2cc(Cl)cc(Cl)c2)n1. The van der Waals surface area contributed by atoms with Gasteiger partial charge in [-0.3, -0.25) is 0 Å². The quantitative estimate of drug-likeness (QED) is 0.743. The van der Waals surface area contributed by atoms with E-state index in [0.717, 1.165) is 0 Å². The Labute approximate surface area is 119 Å². The molecule has 4 nitrogen and oxygen atoms in total. The Morgan fingerprint density at radius 3 is 1.94 bits per heavy atom. The summed E-state index contributed by atoms with van der Waals surface area (Å²) in [5, 5.41) is 4.53. The summed E-state index contributed by atoms with van der Waals surface area (Å²) in [6, 6.07) is 5.04. The second-order valence-electron chi connectivity index (χ2n) is 3.04. The minimum Gasteiger partial charge on any atom is -0.324 e. The highest BCUT2D eigenvalue weighted by Crippen LogP contribution is 2.24. The van der Waals surface area contributed by atoms with E-state index in [2.05, 4.69) is 45.5 Å². The van der Waals surface area contributed by atoms with Crippen LogP contribution < -0.4 is 5.32 Å². The number of benzene rings is 1. The van der Waals surface area contributed by atoms with Gasteiger partial charge in [0.2, 0.25) is 5.95 Å². The predicted molar refractivity (Wildman–Crippen MR) is 74.1 cm³/mol. The average molecular weight is 305 g/mol. The highest BCUT2D eigenvalue weighted by atomic mass is 35.5. The zero-order chi connectivity index (χ0) is 12.4. The van der Waals surface area contributed by atoms with Crippen LogP contribution in [0, 0.1) is 0 Å². The highest BCUT2D eigenvalue weighted by Gasteiger charge is 2.03. The van der Waals surface area contributed by atoms with Crippen molar-refractivity contribution in [2.24, 2.45) is 0 Å². The van der Waals surface area contributed by atoms with Crippen LogP contribution in [0.1, 0.15) is 0 Å². The number of hydrogen-bond donors (Lipinski definition) is 3. The first-order chi connectivity index (χ1) is 8.02. The number of thiol groups is 2. The van der Waals surface area contributed by atoms with Crippen molar-refractivity contribution in [1.82, 2.24) is 15.0 Å². The molecule has 2 aromatic rings. The van der Waals surface area contributed by atoms with E-state index >= 15 is 0 Å². The molecule has 0 aliphatic heterocycles. The molecule has 0 amide bonds. The summed E-state index contributed by atoms with van der Waals surface area (Å²) < 4.78 is 0. The Morgan fingerprint density at radius 2 is 1.41 bits per heavy atom. The standard InChI is InChI=1S/C9H6Cl2N4S2/c10-4-1-5(11)3-6(2-4)12-7-13-8(16)15-9(17)14-7/h1-3H,(H3,12,13,14,15,16,17). The molecule has 1 N–H and O–H groups in total. The molecule has 1 aromatic heterocycles. The van der Waals surface area contributed by atoms with Crippen molar-refractivity contribution in [3.8, 4) is 0 Å². The number of rotatable bonds is 2. The summed E-state index contributed by atoms with van der Waals surface area (Å²) in [5.74, 6) is 0.327. The molecule has 0 fully saturated rings. The van der Waals surface area contributed by atoms with Gasteiger partial charge in [0.25, 0.3) is 0 Å². The van der Waals surface area contributed by atoms with Gasteiger partial charge in [0.15, 0.2) is 10.3 Å². The van der Waals surface area contributed by atoms with Crippen LogP contribution in [-0.4, -0.2) is 15.0 Å². The zero-order valence-corrected chi connectivity index (χ0v) is 11.5. The first-order valence-corrected chi connectivity index (χ1v) is 6.05. The number of anilines is 2. The fourth-order valence-electron chi connectivity index (χ4n) is 1.16. The Kier molecular flexibility index (Phi) is 3.98. The van der Waals surface area contributed by atoms with Gasteiger partial charge >= 0.3 is 0 Å². The topological polar surface area (TPSA) is 50.7 Å². The smallest absolute Gasteiger partial charge is 0.232 e. The second-order valence-corrected chi connectivity index (χ2v) is 4.72. The summed E-state index contributed by atoms with van der Waals surface area (Å²) in [5.41, 5.74) is 0.675. The molecule has 0 atom stereocenters. The number of halogens is 2. The summed E-state index contributed by atoms with van der Waals surface area (Å²) in [4.78, 5) is 11.8. The molecule has 0 saturated carbocycles. The largest absolute Gasteiger partial charge is 0.324 e. The van der Waals surface area contributed by atoms with Gasteiger partial charge in [0.1, 0.15) is 0 Å². The average Bonchev–Trinajstić information content (AvgIpc) is 2.13. The van der Waals surface area contributed by atoms with Crippen LogP contribution in [0.15, 0.2) is 28.5 Å². The zero-order valence-electron chi connectivity index (χ0n) is 8.22. The molecule has 2 rings (SSSR count). The van der Waals surface area contributed by atoms with Gasteiger partial charge in [-0.1, -0.05) is 23.2 Å². The van der Waals surface area contributed by atoms with Crippen LogP contribution >= 0.6 is 48.5 Å². The highest BCUT2D eigenvalue weighted by molar-refractivity contribution is 7.80. The summed E-state index contributed by atoms with van der Waals surface area (Å²) in [6.45, 7) is 0. The third kappa shape index (κ3) is 3.64.